The number of amides is 1. The van der Waals surface area contributed by atoms with Crippen molar-refractivity contribution in [2.75, 3.05) is 25.5 Å². The van der Waals surface area contributed by atoms with Crippen LogP contribution < -0.4 is 10.1 Å². The number of carbonyl (C=O) groups is 1. The van der Waals surface area contributed by atoms with Crippen molar-refractivity contribution < 1.29 is 17.9 Å². The van der Waals surface area contributed by atoms with Gasteiger partial charge in [-0.1, -0.05) is 49.2 Å². The first-order chi connectivity index (χ1) is 14.6. The largest absolute Gasteiger partial charge is 0.495 e. The molecule has 0 spiro atoms. The molecule has 168 valence electrons. The summed E-state index contributed by atoms with van der Waals surface area (Å²) in [6.07, 6.45) is 0.824. The molecule has 0 aromatic heterocycles. The smallest absolute Gasteiger partial charge is 0.246 e. The lowest BCUT2D eigenvalue weighted by Gasteiger charge is -2.31. The van der Waals surface area contributed by atoms with Crippen molar-refractivity contribution in [1.82, 2.24) is 4.31 Å². The molecule has 3 rings (SSSR count). The van der Waals surface area contributed by atoms with Gasteiger partial charge in [0.2, 0.25) is 15.9 Å². The van der Waals surface area contributed by atoms with Crippen molar-refractivity contribution in [3.05, 3.63) is 52.0 Å². The van der Waals surface area contributed by atoms with Gasteiger partial charge < -0.3 is 10.1 Å². The number of hydrogen-bond acceptors (Lipinski definition) is 4. The summed E-state index contributed by atoms with van der Waals surface area (Å²) in [5.74, 6) is -0.00143. The van der Waals surface area contributed by atoms with Crippen LogP contribution in [0.15, 0.2) is 41.3 Å². The van der Waals surface area contributed by atoms with Crippen LogP contribution in [0.25, 0.3) is 0 Å². The quantitative estimate of drug-likeness (QED) is 0.613. The van der Waals surface area contributed by atoms with E-state index in [-0.39, 0.29) is 40.8 Å². The molecule has 1 saturated heterocycles. The fourth-order valence-corrected chi connectivity index (χ4v) is 5.59. The van der Waals surface area contributed by atoms with Crippen molar-refractivity contribution in [1.29, 1.82) is 0 Å². The Hall–Kier alpha value is -1.80. The van der Waals surface area contributed by atoms with Crippen molar-refractivity contribution in [3.8, 4) is 5.75 Å². The number of piperidine rings is 1. The van der Waals surface area contributed by atoms with E-state index in [0.717, 1.165) is 5.56 Å². The number of nitrogens with zero attached hydrogens (tertiary/aromatic N) is 1. The monoisotopic (exact) mass is 484 g/mol. The number of anilines is 1. The van der Waals surface area contributed by atoms with Gasteiger partial charge in [0.05, 0.1) is 22.8 Å². The van der Waals surface area contributed by atoms with E-state index >= 15 is 0 Å². The second kappa shape index (κ2) is 9.77. The van der Waals surface area contributed by atoms with Gasteiger partial charge in [0, 0.05) is 19.0 Å². The first-order valence-electron chi connectivity index (χ1n) is 10.1. The van der Waals surface area contributed by atoms with Crippen LogP contribution in [0.5, 0.6) is 5.75 Å². The Kier molecular flexibility index (Phi) is 7.52. The molecule has 0 atom stereocenters. The molecule has 9 heteroatoms. The van der Waals surface area contributed by atoms with Crippen molar-refractivity contribution in [3.63, 3.8) is 0 Å². The summed E-state index contributed by atoms with van der Waals surface area (Å²) < 4.78 is 33.3. The van der Waals surface area contributed by atoms with Gasteiger partial charge in [-0.2, -0.15) is 4.31 Å². The van der Waals surface area contributed by atoms with E-state index in [0.29, 0.717) is 29.3 Å². The van der Waals surface area contributed by atoms with Crippen LogP contribution in [-0.2, 0) is 14.8 Å². The Labute approximate surface area is 193 Å². The molecular weight excluding hydrogens is 459 g/mol. The van der Waals surface area contributed by atoms with E-state index in [1.54, 1.807) is 30.3 Å². The highest BCUT2D eigenvalue weighted by Crippen LogP contribution is 2.33. The third-order valence-corrected chi connectivity index (χ3v) is 8.25. The topological polar surface area (TPSA) is 75.7 Å². The Morgan fingerprint density at radius 2 is 1.84 bits per heavy atom. The summed E-state index contributed by atoms with van der Waals surface area (Å²) in [5.41, 5.74) is 1.37. The Balaban J connectivity index is 1.72. The molecule has 2 aromatic rings. The number of benzene rings is 2. The number of nitrogens with one attached hydrogen (secondary N) is 1. The second-order valence-corrected chi connectivity index (χ2v) is 10.5. The molecule has 1 aliphatic heterocycles. The summed E-state index contributed by atoms with van der Waals surface area (Å²) in [4.78, 5) is 12.8. The normalized spacial score (nSPS) is 15.8. The fraction of sp³-hybridized carbons (Fsp3) is 0.409. The number of carbonyl (C=O) groups excluding carboxylic acids is 1. The zero-order valence-corrected chi connectivity index (χ0v) is 20.0. The van der Waals surface area contributed by atoms with Crippen molar-refractivity contribution in [2.45, 2.75) is 37.5 Å². The molecule has 0 bridgehead atoms. The fourth-order valence-electron chi connectivity index (χ4n) is 3.59. The molecule has 1 heterocycles. The highest BCUT2D eigenvalue weighted by molar-refractivity contribution is 7.89. The molecule has 0 saturated carbocycles. The van der Waals surface area contributed by atoms with E-state index in [9.17, 15) is 13.2 Å². The van der Waals surface area contributed by atoms with Crippen LogP contribution in [0.1, 0.15) is 38.2 Å². The van der Waals surface area contributed by atoms with Gasteiger partial charge in [-0.3, -0.25) is 4.79 Å². The van der Waals surface area contributed by atoms with Crippen LogP contribution in [0.2, 0.25) is 10.0 Å². The highest BCUT2D eigenvalue weighted by atomic mass is 35.5. The lowest BCUT2D eigenvalue weighted by Crippen LogP contribution is -2.41. The van der Waals surface area contributed by atoms with Gasteiger partial charge in [0.15, 0.2) is 0 Å². The molecule has 31 heavy (non-hydrogen) atoms. The molecule has 1 N–H and O–H groups in total. The van der Waals surface area contributed by atoms with Gasteiger partial charge >= 0.3 is 0 Å². The van der Waals surface area contributed by atoms with Crippen LogP contribution in [0, 0.1) is 5.92 Å². The van der Waals surface area contributed by atoms with Gasteiger partial charge in [-0.05, 0) is 48.6 Å². The number of sulfonamides is 1. The minimum absolute atomic E-state index is 0.162. The first-order valence-corrected chi connectivity index (χ1v) is 12.3. The Bertz CT molecular complexity index is 1070. The molecule has 0 unspecified atom stereocenters. The second-order valence-electron chi connectivity index (χ2n) is 7.83. The van der Waals surface area contributed by atoms with Gasteiger partial charge in [-0.15, -0.1) is 0 Å². The predicted molar refractivity (Wildman–Crippen MR) is 124 cm³/mol. The molecule has 1 fully saturated rings. The number of hydrogen-bond donors (Lipinski definition) is 1. The number of rotatable bonds is 6. The zero-order valence-electron chi connectivity index (χ0n) is 17.7. The maximum absolute atomic E-state index is 13.3. The van der Waals surface area contributed by atoms with Crippen LogP contribution in [-0.4, -0.2) is 38.8 Å². The lowest BCUT2D eigenvalue weighted by molar-refractivity contribution is -0.120. The minimum atomic E-state index is -3.74. The number of ether oxygens (including phenoxy) is 1. The molecule has 0 radical (unpaired) electrons. The average molecular weight is 485 g/mol. The first kappa shape index (κ1) is 23.9. The number of methoxy groups -OCH3 is 1. The van der Waals surface area contributed by atoms with Crippen molar-refractivity contribution >= 4 is 44.8 Å². The summed E-state index contributed by atoms with van der Waals surface area (Å²) in [5, 5.41) is 3.45. The highest BCUT2D eigenvalue weighted by Gasteiger charge is 2.34. The van der Waals surface area contributed by atoms with Crippen LogP contribution in [0.3, 0.4) is 0 Å². The molecule has 0 aliphatic carbocycles. The van der Waals surface area contributed by atoms with Crippen molar-refractivity contribution in [2.24, 2.45) is 5.92 Å². The maximum Gasteiger partial charge on any atom is 0.246 e. The molecule has 1 aliphatic rings. The van der Waals surface area contributed by atoms with Crippen LogP contribution >= 0.6 is 23.2 Å². The zero-order chi connectivity index (χ0) is 22.8. The molecular formula is C22H26Cl2N2O4S. The van der Waals surface area contributed by atoms with E-state index in [1.807, 2.05) is 19.9 Å². The van der Waals surface area contributed by atoms with E-state index < -0.39 is 10.0 Å². The molecule has 2 aromatic carbocycles. The van der Waals surface area contributed by atoms with Gasteiger partial charge in [-0.25, -0.2) is 8.42 Å². The Morgan fingerprint density at radius 3 is 2.45 bits per heavy atom. The Morgan fingerprint density at radius 1 is 1.16 bits per heavy atom. The minimum Gasteiger partial charge on any atom is -0.495 e. The SMILES string of the molecule is COc1ccc(C(C)C)cc1S(=O)(=O)N1CCC(C(=O)Nc2cccc(Cl)c2Cl)CC1. The molecule has 1 amide bonds. The summed E-state index contributed by atoms with van der Waals surface area (Å²) >= 11 is 12.1. The third kappa shape index (κ3) is 5.17. The standard InChI is InChI=1S/C22H26Cl2N2O4S/c1-14(2)16-7-8-19(30-3)20(13-16)31(28,29)26-11-9-15(10-12-26)22(27)25-18-6-4-5-17(23)21(18)24/h4-8,13-15H,9-12H2,1-3H3,(H,25,27). The maximum atomic E-state index is 13.3. The lowest BCUT2D eigenvalue weighted by atomic mass is 9.97. The number of halogens is 2. The summed E-state index contributed by atoms with van der Waals surface area (Å²) in [7, 11) is -2.28. The van der Waals surface area contributed by atoms with E-state index in [1.165, 1.54) is 11.4 Å². The van der Waals surface area contributed by atoms with Crippen LogP contribution in [0.4, 0.5) is 5.69 Å². The molecule has 6 nitrogen and oxygen atoms in total. The van der Waals surface area contributed by atoms with Gasteiger partial charge in [0.1, 0.15) is 10.6 Å². The summed E-state index contributed by atoms with van der Waals surface area (Å²) in [6.45, 7) is 4.51. The average Bonchev–Trinajstić information content (AvgIpc) is 2.76. The predicted octanol–water partition coefficient (Wildman–Crippen LogP) is 5.16. The van der Waals surface area contributed by atoms with E-state index in [2.05, 4.69) is 5.32 Å². The third-order valence-electron chi connectivity index (χ3n) is 5.51. The van der Waals surface area contributed by atoms with Gasteiger partial charge in [0.25, 0.3) is 0 Å². The van der Waals surface area contributed by atoms with E-state index in [4.69, 9.17) is 27.9 Å². The summed E-state index contributed by atoms with van der Waals surface area (Å²) in [6, 6.07) is 10.3.